The third-order valence-electron chi connectivity index (χ3n) is 11.5. The van der Waals surface area contributed by atoms with Crippen LogP contribution in [0.2, 0.25) is 0 Å². The Hall–Kier alpha value is -5.09. The van der Waals surface area contributed by atoms with Crippen LogP contribution in [0.5, 0.6) is 5.75 Å². The number of nitrogens with one attached hydrogen (secondary N) is 1. The Morgan fingerprint density at radius 2 is 1.38 bits per heavy atom. The molecule has 0 unspecified atom stereocenters. The van der Waals surface area contributed by atoms with Crippen LogP contribution in [0, 0.1) is 5.92 Å². The normalized spacial score (nSPS) is 18.3. The van der Waals surface area contributed by atoms with Gasteiger partial charge in [0.1, 0.15) is 17.5 Å². The van der Waals surface area contributed by atoms with E-state index < -0.39 is 34.9 Å². The molecular weight excluding hydrogens is 675 g/mol. The monoisotopic (exact) mass is 711 g/mol. The fourth-order valence-electron chi connectivity index (χ4n) is 8.70. The average Bonchev–Trinajstić information content (AvgIpc) is 3.85. The van der Waals surface area contributed by atoms with Crippen LogP contribution in [-0.2, 0) is 0 Å². The zero-order chi connectivity index (χ0) is 35.7. The van der Waals surface area contributed by atoms with E-state index in [4.69, 9.17) is 4.74 Å². The predicted octanol–water partition coefficient (Wildman–Crippen LogP) is 8.38. The van der Waals surface area contributed by atoms with E-state index in [1.807, 2.05) is 30.5 Å². The molecule has 10 heteroatoms. The van der Waals surface area contributed by atoms with Crippen LogP contribution in [-0.4, -0.2) is 46.2 Å². The number of imide groups is 1. The Labute approximate surface area is 304 Å². The van der Waals surface area contributed by atoms with Crippen molar-refractivity contribution >= 4 is 62.5 Å². The highest BCUT2D eigenvalue weighted by molar-refractivity contribution is 7.98. The van der Waals surface area contributed by atoms with Crippen LogP contribution in [0.1, 0.15) is 122 Å². The van der Waals surface area contributed by atoms with Gasteiger partial charge in [0.25, 0.3) is 17.4 Å². The summed E-state index contributed by atoms with van der Waals surface area (Å²) in [5.41, 5.74) is 2.43. The van der Waals surface area contributed by atoms with Crippen LogP contribution in [0.25, 0.3) is 21.7 Å². The summed E-state index contributed by atoms with van der Waals surface area (Å²) in [6, 6.07) is 17.5. The average molecular weight is 712 g/mol. The van der Waals surface area contributed by atoms with Crippen molar-refractivity contribution in [2.75, 3.05) is 17.8 Å². The number of aromatic nitrogens is 2. The number of carbonyl (C=O) groups excluding carboxylic acids is 4. The van der Waals surface area contributed by atoms with Gasteiger partial charge < -0.3 is 9.72 Å². The summed E-state index contributed by atoms with van der Waals surface area (Å²) >= 11 is 1.50. The fourth-order valence-corrected chi connectivity index (χ4v) is 9.14. The Morgan fingerprint density at radius 3 is 2.04 bits per heavy atom. The Morgan fingerprint density at radius 1 is 0.750 bits per heavy atom. The largest absolute Gasteiger partial charge is 0.493 e. The Bertz CT molecular complexity index is 2350. The van der Waals surface area contributed by atoms with Crippen molar-refractivity contribution < 1.29 is 23.9 Å². The second-order valence-electron chi connectivity index (χ2n) is 14.6. The van der Waals surface area contributed by atoms with E-state index in [1.54, 1.807) is 36.4 Å². The number of nitrogens with zero attached hydrogens (tertiary/aromatic N) is 2. The van der Waals surface area contributed by atoms with Gasteiger partial charge in [-0.05, 0) is 121 Å². The summed E-state index contributed by atoms with van der Waals surface area (Å²) in [5.74, 6) is -1.52. The highest BCUT2D eigenvalue weighted by Crippen LogP contribution is 2.44. The van der Waals surface area contributed by atoms with Gasteiger partial charge >= 0.3 is 0 Å². The number of aromatic amines is 1. The zero-order valence-electron chi connectivity index (χ0n) is 28.8. The summed E-state index contributed by atoms with van der Waals surface area (Å²) in [6.45, 7) is 0.675. The SMILES string of the molecule is CSc1ccc2nc(C3C(=O)c4cc5cc6c(cc5cc4C3=O)C(=O)N(c3ccc(OCC4CCCCC4)cc3C3CCCC3)C6=O)[nH]c(=O)c2c1. The van der Waals surface area contributed by atoms with Crippen LogP contribution < -0.4 is 15.2 Å². The van der Waals surface area contributed by atoms with Crippen molar-refractivity contribution in [2.45, 2.75) is 74.5 Å². The molecule has 0 radical (unpaired) electrons. The molecule has 0 bridgehead atoms. The number of carbonyl (C=O) groups is 4. The minimum absolute atomic E-state index is 0.00313. The number of thioether (sulfide) groups is 1. The highest BCUT2D eigenvalue weighted by Gasteiger charge is 2.43. The molecule has 2 saturated carbocycles. The number of rotatable bonds is 7. The highest BCUT2D eigenvalue weighted by atomic mass is 32.2. The molecule has 2 heterocycles. The second kappa shape index (κ2) is 12.8. The van der Waals surface area contributed by atoms with Crippen LogP contribution in [0.3, 0.4) is 0 Å². The Balaban J connectivity index is 1.04. The molecule has 0 atom stereocenters. The van der Waals surface area contributed by atoms with Gasteiger partial charge in [0, 0.05) is 16.0 Å². The first kappa shape index (κ1) is 32.8. The maximum Gasteiger partial charge on any atom is 0.266 e. The first-order valence-electron chi connectivity index (χ1n) is 18.2. The van der Waals surface area contributed by atoms with Gasteiger partial charge in [-0.15, -0.1) is 11.8 Å². The van der Waals surface area contributed by atoms with Gasteiger partial charge in [-0.3, -0.25) is 24.0 Å². The number of anilines is 1. The summed E-state index contributed by atoms with van der Waals surface area (Å²) in [6.07, 6.45) is 12.2. The fraction of sp³-hybridized carbons (Fsp3) is 0.333. The molecule has 9 rings (SSSR count). The smallest absolute Gasteiger partial charge is 0.266 e. The van der Waals surface area contributed by atoms with Crippen molar-refractivity contribution in [2.24, 2.45) is 5.92 Å². The molecule has 4 aliphatic rings. The zero-order valence-corrected chi connectivity index (χ0v) is 29.6. The number of benzene rings is 4. The van der Waals surface area contributed by atoms with Gasteiger partial charge in [0.15, 0.2) is 11.6 Å². The van der Waals surface area contributed by atoms with E-state index in [0.717, 1.165) is 41.9 Å². The van der Waals surface area contributed by atoms with Crippen molar-refractivity contribution in [1.82, 2.24) is 9.97 Å². The van der Waals surface area contributed by atoms with Crippen LogP contribution in [0.15, 0.2) is 70.4 Å². The lowest BCUT2D eigenvalue weighted by atomic mass is 9.90. The van der Waals surface area contributed by atoms with Crippen molar-refractivity contribution in [3.05, 3.63) is 105 Å². The molecule has 0 saturated heterocycles. The number of Topliss-reactive ketones (excluding diaryl/α,β-unsaturated/α-hetero) is 2. The lowest BCUT2D eigenvalue weighted by Gasteiger charge is -2.24. The van der Waals surface area contributed by atoms with E-state index in [-0.39, 0.29) is 34.0 Å². The number of H-pyrrole nitrogens is 1. The van der Waals surface area contributed by atoms with Gasteiger partial charge in [0.2, 0.25) is 0 Å². The molecule has 52 heavy (non-hydrogen) atoms. The number of fused-ring (bicyclic) bond motifs is 4. The number of amides is 2. The van der Waals surface area contributed by atoms with Crippen LogP contribution in [0.4, 0.5) is 5.69 Å². The first-order chi connectivity index (χ1) is 25.3. The number of ether oxygens (including phenoxy) is 1. The second-order valence-corrected chi connectivity index (χ2v) is 15.5. The van der Waals surface area contributed by atoms with Crippen molar-refractivity contribution in [3.63, 3.8) is 0 Å². The molecule has 2 amide bonds. The van der Waals surface area contributed by atoms with E-state index in [0.29, 0.717) is 39.9 Å². The van der Waals surface area contributed by atoms with E-state index >= 15 is 0 Å². The lowest BCUT2D eigenvalue weighted by Crippen LogP contribution is -2.30. The maximum atomic E-state index is 14.1. The van der Waals surface area contributed by atoms with Gasteiger partial charge in [-0.1, -0.05) is 32.1 Å². The van der Waals surface area contributed by atoms with Crippen molar-refractivity contribution in [1.29, 1.82) is 0 Å². The topological polar surface area (TPSA) is 126 Å². The minimum atomic E-state index is -1.29. The number of hydrogen-bond acceptors (Lipinski definition) is 8. The summed E-state index contributed by atoms with van der Waals surface area (Å²) < 4.78 is 6.29. The molecule has 3 aliphatic carbocycles. The first-order valence-corrected chi connectivity index (χ1v) is 19.4. The quantitative estimate of drug-likeness (QED) is 0.101. The van der Waals surface area contributed by atoms with Gasteiger partial charge in [-0.25, -0.2) is 9.88 Å². The molecular formula is C42H37N3O6S. The molecule has 5 aromatic rings. The third kappa shape index (κ3) is 5.38. The van der Waals surface area contributed by atoms with Gasteiger partial charge in [-0.2, -0.15) is 0 Å². The number of ketones is 2. The molecule has 1 N–H and O–H groups in total. The minimum Gasteiger partial charge on any atom is -0.493 e. The summed E-state index contributed by atoms with van der Waals surface area (Å²) in [7, 11) is 0. The molecule has 4 aromatic carbocycles. The van der Waals surface area contributed by atoms with E-state index in [1.165, 1.54) is 48.8 Å². The van der Waals surface area contributed by atoms with Crippen LogP contribution >= 0.6 is 11.8 Å². The summed E-state index contributed by atoms with van der Waals surface area (Å²) in [5, 5.41) is 1.51. The maximum absolute atomic E-state index is 14.1. The molecule has 262 valence electrons. The Kier molecular flexibility index (Phi) is 8.10. The van der Waals surface area contributed by atoms with Gasteiger partial charge in [0.05, 0.1) is 34.3 Å². The molecule has 9 nitrogen and oxygen atoms in total. The standard InChI is InChI=1S/C42H37N3O6S/c1-52-27-12-13-34-33(20-27)40(48)44-39(43-34)36-37(46)29-15-24-17-31-32(18-25(24)16-30(29)38(36)47)42(50)45(41(31)49)35-14-11-26(19-28(35)23-9-5-6-10-23)51-21-22-7-3-2-4-8-22/h11-20,22-23,36H,2-10,21H2,1H3,(H,43,44,48). The van der Waals surface area contributed by atoms with Crippen molar-refractivity contribution in [3.8, 4) is 5.75 Å². The predicted molar refractivity (Wildman–Crippen MR) is 200 cm³/mol. The lowest BCUT2D eigenvalue weighted by molar-refractivity contribution is 0.0880. The molecule has 1 aliphatic heterocycles. The summed E-state index contributed by atoms with van der Waals surface area (Å²) in [4.78, 5) is 78.2. The third-order valence-corrected chi connectivity index (χ3v) is 12.2. The van der Waals surface area contributed by atoms with E-state index in [9.17, 15) is 24.0 Å². The number of hydrogen-bond donors (Lipinski definition) is 1. The molecule has 1 aromatic heterocycles. The van der Waals surface area contributed by atoms with E-state index in [2.05, 4.69) is 9.97 Å². The molecule has 0 spiro atoms. The molecule has 2 fully saturated rings.